The zero-order chi connectivity index (χ0) is 17.5. The van der Waals surface area contributed by atoms with Crippen LogP contribution in [0.25, 0.3) is 0 Å². The number of aryl methyl sites for hydroxylation is 1. The van der Waals surface area contributed by atoms with Crippen LogP contribution in [0.1, 0.15) is 27.0 Å². The largest absolute Gasteiger partial charge is 0.507 e. The molecule has 122 valence electrons. The highest BCUT2D eigenvalue weighted by Gasteiger charge is 2.22. The van der Waals surface area contributed by atoms with Gasteiger partial charge in [0.1, 0.15) is 17.1 Å². The summed E-state index contributed by atoms with van der Waals surface area (Å²) >= 11 is 3.20. The summed E-state index contributed by atoms with van der Waals surface area (Å²) in [6.07, 6.45) is 0. The molecule has 0 saturated carbocycles. The van der Waals surface area contributed by atoms with Crippen molar-refractivity contribution < 1.29 is 30.0 Å². The van der Waals surface area contributed by atoms with Gasteiger partial charge in [-0.3, -0.25) is 0 Å². The molecule has 2 aromatic rings. The van der Waals surface area contributed by atoms with Gasteiger partial charge < -0.3 is 25.2 Å². The summed E-state index contributed by atoms with van der Waals surface area (Å²) in [5.41, 5.74) is 0.740. The Morgan fingerprint density at radius 3 is 2.22 bits per heavy atom. The maximum Gasteiger partial charge on any atom is 0.339 e. The van der Waals surface area contributed by atoms with Gasteiger partial charge in [-0.15, -0.1) is 0 Å². The van der Waals surface area contributed by atoms with E-state index in [4.69, 9.17) is 9.84 Å². The summed E-state index contributed by atoms with van der Waals surface area (Å²) in [5, 5.41) is 39.3. The fourth-order valence-electron chi connectivity index (χ4n) is 2.15. The average molecular weight is 383 g/mol. The van der Waals surface area contributed by atoms with Crippen LogP contribution in [0.5, 0.6) is 28.7 Å². The van der Waals surface area contributed by atoms with Crippen LogP contribution >= 0.6 is 15.9 Å². The number of aromatic hydroxyl groups is 3. The number of benzene rings is 2. The van der Waals surface area contributed by atoms with E-state index in [1.54, 1.807) is 6.92 Å². The van der Waals surface area contributed by atoms with Gasteiger partial charge in [0.2, 0.25) is 5.75 Å². The Morgan fingerprint density at radius 2 is 1.65 bits per heavy atom. The van der Waals surface area contributed by atoms with Crippen LogP contribution in [0.15, 0.2) is 16.6 Å². The van der Waals surface area contributed by atoms with Crippen molar-refractivity contribution in [3.05, 3.63) is 38.9 Å². The Morgan fingerprint density at radius 1 is 1.04 bits per heavy atom. The SMILES string of the molecule is Cc1cc(Oc2c(O)cc(Br)c(C)c2O)c(C)c(O)c1C(=O)O. The van der Waals surface area contributed by atoms with Crippen LogP contribution < -0.4 is 4.74 Å². The van der Waals surface area contributed by atoms with E-state index in [9.17, 15) is 20.1 Å². The maximum atomic E-state index is 11.2. The first kappa shape index (κ1) is 17.0. The third-order valence-corrected chi connectivity index (χ3v) is 4.38. The first-order chi connectivity index (χ1) is 10.6. The van der Waals surface area contributed by atoms with E-state index in [2.05, 4.69) is 15.9 Å². The molecule has 4 N–H and O–H groups in total. The summed E-state index contributed by atoms with van der Waals surface area (Å²) < 4.78 is 6.04. The molecule has 6 nitrogen and oxygen atoms in total. The first-order valence-corrected chi connectivity index (χ1v) is 7.39. The molecular weight excluding hydrogens is 368 g/mol. The fraction of sp³-hybridized carbons (Fsp3) is 0.188. The van der Waals surface area contributed by atoms with Crippen LogP contribution in [0, 0.1) is 20.8 Å². The van der Waals surface area contributed by atoms with Gasteiger partial charge in [-0.05, 0) is 38.5 Å². The lowest BCUT2D eigenvalue weighted by atomic mass is 10.0. The molecule has 0 atom stereocenters. The number of rotatable bonds is 3. The second kappa shape index (κ2) is 6.00. The summed E-state index contributed by atoms with van der Waals surface area (Å²) in [6.45, 7) is 4.63. The Hall–Kier alpha value is -2.41. The highest BCUT2D eigenvalue weighted by Crippen LogP contribution is 2.46. The number of hydrogen-bond donors (Lipinski definition) is 4. The number of carboxylic acid groups (broad SMARTS) is 1. The summed E-state index contributed by atoms with van der Waals surface area (Å²) in [7, 11) is 0. The number of phenols is 3. The minimum atomic E-state index is -1.25. The number of ether oxygens (including phenoxy) is 1. The zero-order valence-corrected chi connectivity index (χ0v) is 14.2. The molecule has 0 saturated heterocycles. The van der Waals surface area contributed by atoms with Gasteiger partial charge in [0.05, 0.1) is 0 Å². The molecule has 0 heterocycles. The average Bonchev–Trinajstić information content (AvgIpc) is 2.46. The van der Waals surface area contributed by atoms with Crippen LogP contribution in [0.3, 0.4) is 0 Å². The number of phenolic OH excluding ortho intramolecular Hbond substituents is 2. The second-order valence-corrected chi connectivity index (χ2v) is 5.98. The van der Waals surface area contributed by atoms with Gasteiger partial charge in [0, 0.05) is 15.6 Å². The lowest BCUT2D eigenvalue weighted by molar-refractivity contribution is 0.0692. The van der Waals surface area contributed by atoms with Gasteiger partial charge >= 0.3 is 5.97 Å². The van der Waals surface area contributed by atoms with E-state index >= 15 is 0 Å². The van der Waals surface area contributed by atoms with Gasteiger partial charge in [-0.2, -0.15) is 0 Å². The summed E-state index contributed by atoms with van der Waals surface area (Å²) in [6, 6.07) is 2.80. The maximum absolute atomic E-state index is 11.2. The molecule has 0 aliphatic carbocycles. The highest BCUT2D eigenvalue weighted by molar-refractivity contribution is 9.10. The molecule has 2 aromatic carbocycles. The molecule has 0 aliphatic rings. The molecular formula is C16H15BrO6. The number of aromatic carboxylic acids is 1. The molecule has 7 heteroatoms. The number of carbonyl (C=O) groups is 1. The Bertz CT molecular complexity index is 813. The summed E-state index contributed by atoms with van der Waals surface area (Å²) in [5.74, 6) is -2.25. The molecule has 0 aromatic heterocycles. The first-order valence-electron chi connectivity index (χ1n) is 6.60. The van der Waals surface area contributed by atoms with Gasteiger partial charge in [-0.25, -0.2) is 4.79 Å². The standard InChI is InChI=1S/C16H15BrO6/c1-6-4-11(8(3)13(19)12(6)16(21)22)23-15-10(18)5-9(17)7(2)14(15)20/h4-5,18-20H,1-3H3,(H,21,22). The van der Waals surface area contributed by atoms with Gasteiger partial charge in [0.25, 0.3) is 0 Å². The Labute approximate surface area is 140 Å². The summed E-state index contributed by atoms with van der Waals surface area (Å²) in [4.78, 5) is 11.2. The van der Waals surface area contributed by atoms with Crippen molar-refractivity contribution in [2.45, 2.75) is 20.8 Å². The topological polar surface area (TPSA) is 107 Å². The Kier molecular flexibility index (Phi) is 4.42. The van der Waals surface area contributed by atoms with Crippen molar-refractivity contribution in [1.82, 2.24) is 0 Å². The normalized spacial score (nSPS) is 10.6. The van der Waals surface area contributed by atoms with E-state index in [1.165, 1.54) is 26.0 Å². The third kappa shape index (κ3) is 2.92. The lowest BCUT2D eigenvalue weighted by Gasteiger charge is -2.16. The van der Waals surface area contributed by atoms with E-state index in [1.807, 2.05) is 0 Å². The van der Waals surface area contributed by atoms with Crippen LogP contribution in [0.4, 0.5) is 0 Å². The predicted octanol–water partition coefficient (Wildman–Crippen LogP) is 3.98. The minimum absolute atomic E-state index is 0.136. The van der Waals surface area contributed by atoms with Crippen molar-refractivity contribution in [3.8, 4) is 28.7 Å². The molecule has 23 heavy (non-hydrogen) atoms. The van der Waals surface area contributed by atoms with Crippen molar-refractivity contribution in [1.29, 1.82) is 0 Å². The predicted molar refractivity (Wildman–Crippen MR) is 86.8 cm³/mol. The van der Waals surface area contributed by atoms with Crippen molar-refractivity contribution in [2.75, 3.05) is 0 Å². The zero-order valence-electron chi connectivity index (χ0n) is 12.6. The number of hydrogen-bond acceptors (Lipinski definition) is 5. The van der Waals surface area contributed by atoms with Crippen LogP contribution in [-0.2, 0) is 0 Å². The van der Waals surface area contributed by atoms with Crippen molar-refractivity contribution >= 4 is 21.9 Å². The van der Waals surface area contributed by atoms with Crippen molar-refractivity contribution in [2.24, 2.45) is 0 Å². The third-order valence-electron chi connectivity index (χ3n) is 3.55. The van der Waals surface area contributed by atoms with E-state index < -0.39 is 11.7 Å². The minimum Gasteiger partial charge on any atom is -0.507 e. The van der Waals surface area contributed by atoms with Gasteiger partial charge in [0.15, 0.2) is 11.5 Å². The lowest BCUT2D eigenvalue weighted by Crippen LogP contribution is -2.03. The monoisotopic (exact) mass is 382 g/mol. The number of halogens is 1. The molecule has 0 amide bonds. The van der Waals surface area contributed by atoms with Crippen molar-refractivity contribution in [3.63, 3.8) is 0 Å². The quantitative estimate of drug-likeness (QED) is 0.639. The molecule has 0 bridgehead atoms. The fourth-order valence-corrected chi connectivity index (χ4v) is 2.56. The smallest absolute Gasteiger partial charge is 0.339 e. The van der Waals surface area contributed by atoms with E-state index in [0.717, 1.165) is 0 Å². The molecule has 0 unspecified atom stereocenters. The van der Waals surface area contributed by atoms with Gasteiger partial charge in [-0.1, -0.05) is 15.9 Å². The Balaban J connectivity index is 2.59. The van der Waals surface area contributed by atoms with E-state index in [-0.39, 0.29) is 34.1 Å². The molecule has 0 aliphatic heterocycles. The van der Waals surface area contributed by atoms with Crippen LogP contribution in [-0.4, -0.2) is 26.4 Å². The number of carboxylic acids is 1. The molecule has 0 radical (unpaired) electrons. The molecule has 0 spiro atoms. The highest BCUT2D eigenvalue weighted by atomic mass is 79.9. The molecule has 0 fully saturated rings. The van der Waals surface area contributed by atoms with E-state index in [0.29, 0.717) is 15.6 Å². The molecule has 2 rings (SSSR count). The van der Waals surface area contributed by atoms with Crippen LogP contribution in [0.2, 0.25) is 0 Å². The second-order valence-electron chi connectivity index (χ2n) is 5.13.